The Morgan fingerprint density at radius 3 is 2.17 bits per heavy atom. The van der Waals surface area contributed by atoms with Crippen molar-refractivity contribution in [2.75, 3.05) is 6.54 Å². The molecule has 0 bridgehead atoms. The smallest absolute Gasteiger partial charge is 0.244 e. The maximum absolute atomic E-state index is 12.3. The highest BCUT2D eigenvalue weighted by atomic mass is 35.5. The minimum atomic E-state index is -1.01. The normalized spacial score (nSPS) is 12.8. The maximum atomic E-state index is 12.3. The Morgan fingerprint density at radius 2 is 1.61 bits per heavy atom. The minimum absolute atomic E-state index is 0. The van der Waals surface area contributed by atoms with Gasteiger partial charge in [0.25, 0.3) is 0 Å². The van der Waals surface area contributed by atoms with Gasteiger partial charge in [0.1, 0.15) is 5.54 Å². The molecule has 0 aromatic heterocycles. The third-order valence-electron chi connectivity index (χ3n) is 3.98. The third-order valence-corrected chi connectivity index (χ3v) is 3.98. The first-order valence-corrected chi connectivity index (χ1v) is 7.74. The SMILES string of the molecule is CCc1ccc(CCNC(=O)C(C)(N)c2ccccc2)cc1.Cl. The van der Waals surface area contributed by atoms with E-state index in [1.807, 2.05) is 30.3 Å². The van der Waals surface area contributed by atoms with Crippen LogP contribution in [0, 0.1) is 0 Å². The number of aryl methyl sites for hydroxylation is 1. The van der Waals surface area contributed by atoms with Crippen molar-refractivity contribution in [2.24, 2.45) is 5.73 Å². The summed E-state index contributed by atoms with van der Waals surface area (Å²) in [6, 6.07) is 17.9. The molecule has 0 heterocycles. The molecule has 3 nitrogen and oxygen atoms in total. The van der Waals surface area contributed by atoms with Gasteiger partial charge < -0.3 is 11.1 Å². The van der Waals surface area contributed by atoms with Crippen molar-refractivity contribution in [1.82, 2.24) is 5.32 Å². The Kier molecular flexibility index (Phi) is 7.27. The zero-order valence-corrected chi connectivity index (χ0v) is 14.5. The van der Waals surface area contributed by atoms with Crippen molar-refractivity contribution in [3.05, 3.63) is 71.3 Å². The van der Waals surface area contributed by atoms with Gasteiger partial charge in [0.2, 0.25) is 5.91 Å². The summed E-state index contributed by atoms with van der Waals surface area (Å²) in [6.07, 6.45) is 1.85. The Morgan fingerprint density at radius 1 is 1.04 bits per heavy atom. The highest BCUT2D eigenvalue weighted by Crippen LogP contribution is 2.17. The van der Waals surface area contributed by atoms with Crippen LogP contribution in [0.2, 0.25) is 0 Å². The van der Waals surface area contributed by atoms with Crippen LogP contribution in [0.25, 0.3) is 0 Å². The molecular weight excluding hydrogens is 308 g/mol. The lowest BCUT2D eigenvalue weighted by Gasteiger charge is -2.24. The molecule has 4 heteroatoms. The zero-order valence-electron chi connectivity index (χ0n) is 13.7. The van der Waals surface area contributed by atoms with Crippen molar-refractivity contribution in [3.63, 3.8) is 0 Å². The average Bonchev–Trinajstić information content (AvgIpc) is 2.56. The summed E-state index contributed by atoms with van der Waals surface area (Å²) in [5, 5.41) is 2.93. The second kappa shape index (κ2) is 8.70. The summed E-state index contributed by atoms with van der Waals surface area (Å²) in [7, 11) is 0. The molecular formula is C19H25ClN2O. The van der Waals surface area contributed by atoms with Gasteiger partial charge in [0.15, 0.2) is 0 Å². The Hall–Kier alpha value is -1.84. The van der Waals surface area contributed by atoms with Crippen LogP contribution in [-0.4, -0.2) is 12.5 Å². The van der Waals surface area contributed by atoms with E-state index in [1.165, 1.54) is 11.1 Å². The number of rotatable bonds is 6. The number of nitrogens with one attached hydrogen (secondary N) is 1. The molecule has 0 fully saturated rings. The van der Waals surface area contributed by atoms with Crippen molar-refractivity contribution in [2.45, 2.75) is 32.2 Å². The van der Waals surface area contributed by atoms with Crippen LogP contribution in [-0.2, 0) is 23.2 Å². The lowest BCUT2D eigenvalue weighted by atomic mass is 9.92. The molecule has 3 N–H and O–H groups in total. The molecule has 0 saturated carbocycles. The molecule has 0 aliphatic rings. The summed E-state index contributed by atoms with van der Waals surface area (Å²) in [4.78, 5) is 12.3. The topological polar surface area (TPSA) is 55.1 Å². The zero-order chi connectivity index (χ0) is 16.0. The first-order valence-electron chi connectivity index (χ1n) is 7.74. The van der Waals surface area contributed by atoms with Crippen molar-refractivity contribution in [1.29, 1.82) is 0 Å². The van der Waals surface area contributed by atoms with E-state index in [0.717, 1.165) is 18.4 Å². The van der Waals surface area contributed by atoms with Crippen LogP contribution >= 0.6 is 12.4 Å². The fourth-order valence-electron chi connectivity index (χ4n) is 2.36. The molecule has 0 saturated heterocycles. The number of hydrogen-bond acceptors (Lipinski definition) is 2. The lowest BCUT2D eigenvalue weighted by molar-refractivity contribution is -0.126. The first kappa shape index (κ1) is 19.2. The van der Waals surface area contributed by atoms with E-state index in [2.05, 4.69) is 36.5 Å². The van der Waals surface area contributed by atoms with Gasteiger partial charge in [-0.3, -0.25) is 4.79 Å². The Balaban J connectivity index is 0.00000264. The molecule has 124 valence electrons. The largest absolute Gasteiger partial charge is 0.354 e. The van der Waals surface area contributed by atoms with Gasteiger partial charge >= 0.3 is 0 Å². The predicted octanol–water partition coefficient (Wildman–Crippen LogP) is 3.20. The van der Waals surface area contributed by atoms with E-state index in [1.54, 1.807) is 6.92 Å². The lowest BCUT2D eigenvalue weighted by Crippen LogP contribution is -2.49. The van der Waals surface area contributed by atoms with Crippen molar-refractivity contribution < 1.29 is 4.79 Å². The van der Waals surface area contributed by atoms with Gasteiger partial charge in [-0.25, -0.2) is 0 Å². The molecule has 2 aromatic carbocycles. The van der Waals surface area contributed by atoms with E-state index >= 15 is 0 Å². The van der Waals surface area contributed by atoms with Crippen LogP contribution in [0.5, 0.6) is 0 Å². The molecule has 1 amide bonds. The maximum Gasteiger partial charge on any atom is 0.244 e. The highest BCUT2D eigenvalue weighted by molar-refractivity contribution is 5.87. The van der Waals surface area contributed by atoms with E-state index < -0.39 is 5.54 Å². The van der Waals surface area contributed by atoms with Crippen LogP contribution in [0.15, 0.2) is 54.6 Å². The second-order valence-corrected chi connectivity index (χ2v) is 5.74. The van der Waals surface area contributed by atoms with Crippen molar-refractivity contribution >= 4 is 18.3 Å². The van der Waals surface area contributed by atoms with E-state index in [0.29, 0.717) is 6.54 Å². The summed E-state index contributed by atoms with van der Waals surface area (Å²) >= 11 is 0. The molecule has 1 atom stereocenters. The van der Waals surface area contributed by atoms with E-state index in [4.69, 9.17) is 5.73 Å². The van der Waals surface area contributed by atoms with Gasteiger partial charge in [-0.05, 0) is 36.5 Å². The number of nitrogens with two attached hydrogens (primary N) is 1. The van der Waals surface area contributed by atoms with Gasteiger partial charge in [0.05, 0.1) is 0 Å². The summed E-state index contributed by atoms with van der Waals surface area (Å²) in [6.45, 7) is 4.47. The average molecular weight is 333 g/mol. The van der Waals surface area contributed by atoms with E-state index in [-0.39, 0.29) is 18.3 Å². The van der Waals surface area contributed by atoms with Crippen LogP contribution in [0.4, 0.5) is 0 Å². The number of hydrogen-bond donors (Lipinski definition) is 2. The summed E-state index contributed by atoms with van der Waals surface area (Å²) < 4.78 is 0. The van der Waals surface area contributed by atoms with Gasteiger partial charge in [-0.2, -0.15) is 0 Å². The fraction of sp³-hybridized carbons (Fsp3) is 0.316. The van der Waals surface area contributed by atoms with E-state index in [9.17, 15) is 4.79 Å². The molecule has 1 unspecified atom stereocenters. The number of carbonyl (C=O) groups excluding carboxylic acids is 1. The second-order valence-electron chi connectivity index (χ2n) is 5.74. The fourth-order valence-corrected chi connectivity index (χ4v) is 2.36. The van der Waals surface area contributed by atoms with Crippen molar-refractivity contribution in [3.8, 4) is 0 Å². The minimum Gasteiger partial charge on any atom is -0.354 e. The van der Waals surface area contributed by atoms with Gasteiger partial charge in [-0.1, -0.05) is 61.5 Å². The van der Waals surface area contributed by atoms with Crippen LogP contribution in [0.3, 0.4) is 0 Å². The van der Waals surface area contributed by atoms with Crippen LogP contribution in [0.1, 0.15) is 30.5 Å². The molecule has 2 rings (SSSR count). The van der Waals surface area contributed by atoms with Gasteiger partial charge in [0, 0.05) is 6.54 Å². The molecule has 2 aromatic rings. The number of carbonyl (C=O) groups is 1. The quantitative estimate of drug-likeness (QED) is 0.853. The third kappa shape index (κ3) is 5.08. The highest BCUT2D eigenvalue weighted by Gasteiger charge is 2.29. The standard InChI is InChI=1S/C19H24N2O.ClH/c1-3-15-9-11-16(12-10-15)13-14-21-18(22)19(2,20)17-7-5-4-6-8-17;/h4-12H,3,13-14,20H2,1-2H3,(H,21,22);1H. The Labute approximate surface area is 144 Å². The molecule has 0 aliphatic carbocycles. The summed E-state index contributed by atoms with van der Waals surface area (Å²) in [5.74, 6) is -0.149. The monoisotopic (exact) mass is 332 g/mol. The molecule has 0 aliphatic heterocycles. The molecule has 0 spiro atoms. The predicted molar refractivity (Wildman–Crippen MR) is 97.8 cm³/mol. The molecule has 23 heavy (non-hydrogen) atoms. The first-order chi connectivity index (χ1) is 10.5. The number of halogens is 1. The molecule has 0 radical (unpaired) electrons. The van der Waals surface area contributed by atoms with Crippen LogP contribution < -0.4 is 11.1 Å². The summed E-state index contributed by atoms with van der Waals surface area (Å²) in [5.41, 5.74) is 8.54. The number of amides is 1. The Bertz CT molecular complexity index is 609. The van der Waals surface area contributed by atoms with Gasteiger partial charge in [-0.15, -0.1) is 12.4 Å². The number of benzene rings is 2.